The van der Waals surface area contributed by atoms with Crippen molar-refractivity contribution in [2.45, 2.75) is 26.2 Å². The number of benzene rings is 1. The van der Waals surface area contributed by atoms with Gasteiger partial charge < -0.3 is 0 Å². The third-order valence-electron chi connectivity index (χ3n) is 2.28. The molecule has 1 nitrogen and oxygen atoms in total. The lowest BCUT2D eigenvalue weighted by atomic mass is 10.0. The number of allylic oxidation sites excluding steroid dienone is 1. The zero-order chi connectivity index (χ0) is 10.4. The molecule has 0 aliphatic carbocycles. The summed E-state index contributed by atoms with van der Waals surface area (Å²) in [4.78, 5) is 11.5. The Morgan fingerprint density at radius 1 is 1.43 bits per heavy atom. The van der Waals surface area contributed by atoms with E-state index in [9.17, 15) is 4.79 Å². The van der Waals surface area contributed by atoms with Crippen molar-refractivity contribution in [2.75, 3.05) is 0 Å². The summed E-state index contributed by atoms with van der Waals surface area (Å²) in [6.45, 7) is 5.64. The van der Waals surface area contributed by atoms with Gasteiger partial charge in [-0.05, 0) is 24.5 Å². The van der Waals surface area contributed by atoms with E-state index in [1.54, 1.807) is 6.08 Å². The Morgan fingerprint density at radius 2 is 2.14 bits per heavy atom. The fraction of sp³-hybridized carbons (Fsp3) is 0.308. The summed E-state index contributed by atoms with van der Waals surface area (Å²) >= 11 is 0. The van der Waals surface area contributed by atoms with Crippen LogP contribution in [0, 0.1) is 6.92 Å². The van der Waals surface area contributed by atoms with Crippen molar-refractivity contribution in [1.29, 1.82) is 0 Å². The molecular formula is C13H16O. The molecule has 0 saturated carbocycles. The van der Waals surface area contributed by atoms with Crippen LogP contribution in [0.25, 0.3) is 0 Å². The maximum absolute atomic E-state index is 11.5. The number of carbonyl (C=O) groups is 1. The van der Waals surface area contributed by atoms with Crippen LogP contribution >= 0.6 is 0 Å². The van der Waals surface area contributed by atoms with Gasteiger partial charge in [-0.3, -0.25) is 4.79 Å². The van der Waals surface area contributed by atoms with Crippen LogP contribution in [0.5, 0.6) is 0 Å². The first-order valence-electron chi connectivity index (χ1n) is 4.91. The Hall–Kier alpha value is -1.37. The number of ketones is 1. The van der Waals surface area contributed by atoms with Gasteiger partial charge in [-0.2, -0.15) is 0 Å². The lowest BCUT2D eigenvalue weighted by Crippen LogP contribution is -2.03. The standard InChI is InChI=1S/C13H16O/c1-3-4-9-13(14)10-12-8-6-5-7-11(12)2/h3,5-8H,1,4,9-10H2,2H3. The molecule has 0 heterocycles. The zero-order valence-electron chi connectivity index (χ0n) is 8.62. The van der Waals surface area contributed by atoms with Gasteiger partial charge in [0.1, 0.15) is 5.78 Å². The van der Waals surface area contributed by atoms with Crippen LogP contribution in [0.15, 0.2) is 36.9 Å². The molecule has 0 radical (unpaired) electrons. The first-order valence-corrected chi connectivity index (χ1v) is 4.91. The van der Waals surface area contributed by atoms with Crippen molar-refractivity contribution < 1.29 is 4.79 Å². The molecule has 0 aliphatic rings. The Balaban J connectivity index is 2.56. The number of carbonyl (C=O) groups excluding carboxylic acids is 1. The maximum Gasteiger partial charge on any atom is 0.137 e. The van der Waals surface area contributed by atoms with Crippen LogP contribution < -0.4 is 0 Å². The summed E-state index contributed by atoms with van der Waals surface area (Å²) in [6, 6.07) is 8.02. The van der Waals surface area contributed by atoms with Crippen molar-refractivity contribution in [3.05, 3.63) is 48.0 Å². The van der Waals surface area contributed by atoms with Crippen LogP contribution in [0.4, 0.5) is 0 Å². The van der Waals surface area contributed by atoms with Crippen LogP contribution in [0.3, 0.4) is 0 Å². The van der Waals surface area contributed by atoms with Gasteiger partial charge >= 0.3 is 0 Å². The molecule has 1 rings (SSSR count). The van der Waals surface area contributed by atoms with E-state index in [4.69, 9.17) is 0 Å². The topological polar surface area (TPSA) is 17.1 Å². The number of Topliss-reactive ketones (excluding diaryl/α,β-unsaturated/α-hetero) is 1. The molecule has 0 unspecified atom stereocenters. The normalized spacial score (nSPS) is 9.79. The van der Waals surface area contributed by atoms with Crippen LogP contribution in [0.1, 0.15) is 24.0 Å². The highest BCUT2D eigenvalue weighted by molar-refractivity contribution is 5.81. The van der Waals surface area contributed by atoms with E-state index in [2.05, 4.69) is 6.58 Å². The monoisotopic (exact) mass is 188 g/mol. The quantitative estimate of drug-likeness (QED) is 0.649. The van der Waals surface area contributed by atoms with Gasteiger partial charge in [-0.15, -0.1) is 6.58 Å². The molecule has 0 spiro atoms. The van der Waals surface area contributed by atoms with Crippen LogP contribution in [-0.4, -0.2) is 5.78 Å². The molecular weight excluding hydrogens is 172 g/mol. The van der Waals surface area contributed by atoms with Crippen molar-refractivity contribution in [3.8, 4) is 0 Å². The minimum atomic E-state index is 0.291. The first-order chi connectivity index (χ1) is 6.74. The molecule has 0 aliphatic heterocycles. The summed E-state index contributed by atoms with van der Waals surface area (Å²) in [5.41, 5.74) is 2.33. The minimum absolute atomic E-state index is 0.291. The number of hydrogen-bond donors (Lipinski definition) is 0. The molecule has 1 heteroatoms. The predicted octanol–water partition coefficient (Wildman–Crippen LogP) is 3.07. The Morgan fingerprint density at radius 3 is 2.79 bits per heavy atom. The second kappa shape index (κ2) is 5.38. The van der Waals surface area contributed by atoms with Crippen molar-refractivity contribution >= 4 is 5.78 Å². The van der Waals surface area contributed by atoms with Crippen LogP contribution in [0.2, 0.25) is 0 Å². The Bertz CT molecular complexity index is 326. The summed E-state index contributed by atoms with van der Waals surface area (Å²) in [7, 11) is 0. The average Bonchev–Trinajstić information content (AvgIpc) is 2.18. The van der Waals surface area contributed by atoms with Gasteiger partial charge in [0.25, 0.3) is 0 Å². The smallest absolute Gasteiger partial charge is 0.137 e. The Kier molecular flexibility index (Phi) is 4.11. The molecule has 1 aromatic rings. The van der Waals surface area contributed by atoms with Gasteiger partial charge in [0.2, 0.25) is 0 Å². The average molecular weight is 188 g/mol. The maximum atomic E-state index is 11.5. The van der Waals surface area contributed by atoms with Crippen molar-refractivity contribution in [1.82, 2.24) is 0 Å². The highest BCUT2D eigenvalue weighted by Gasteiger charge is 2.04. The predicted molar refractivity (Wildman–Crippen MR) is 59.3 cm³/mol. The van der Waals surface area contributed by atoms with Crippen molar-refractivity contribution in [3.63, 3.8) is 0 Å². The molecule has 0 atom stereocenters. The second-order valence-corrected chi connectivity index (χ2v) is 3.47. The SMILES string of the molecule is C=CCCC(=O)Cc1ccccc1C. The summed E-state index contributed by atoms with van der Waals surface area (Å²) in [5.74, 6) is 0.291. The van der Waals surface area contributed by atoms with E-state index in [1.807, 2.05) is 31.2 Å². The second-order valence-electron chi connectivity index (χ2n) is 3.47. The fourth-order valence-corrected chi connectivity index (χ4v) is 1.37. The highest BCUT2D eigenvalue weighted by Crippen LogP contribution is 2.09. The highest BCUT2D eigenvalue weighted by atomic mass is 16.1. The number of aryl methyl sites for hydroxylation is 1. The fourth-order valence-electron chi connectivity index (χ4n) is 1.37. The molecule has 74 valence electrons. The molecule has 14 heavy (non-hydrogen) atoms. The lowest BCUT2D eigenvalue weighted by Gasteiger charge is -2.03. The Labute approximate surface area is 85.5 Å². The summed E-state index contributed by atoms with van der Waals surface area (Å²) < 4.78 is 0. The van der Waals surface area contributed by atoms with E-state index in [0.29, 0.717) is 18.6 Å². The van der Waals surface area contributed by atoms with Gasteiger partial charge in [0.05, 0.1) is 0 Å². The van der Waals surface area contributed by atoms with Gasteiger partial charge in [-0.25, -0.2) is 0 Å². The summed E-state index contributed by atoms with van der Waals surface area (Å²) in [5, 5.41) is 0. The molecule has 0 fully saturated rings. The minimum Gasteiger partial charge on any atom is -0.299 e. The zero-order valence-corrected chi connectivity index (χ0v) is 8.62. The van der Waals surface area contributed by atoms with Gasteiger partial charge in [0.15, 0.2) is 0 Å². The molecule has 1 aromatic carbocycles. The van der Waals surface area contributed by atoms with E-state index in [0.717, 1.165) is 12.0 Å². The first kappa shape index (κ1) is 10.7. The van der Waals surface area contributed by atoms with Gasteiger partial charge in [-0.1, -0.05) is 30.3 Å². The third-order valence-corrected chi connectivity index (χ3v) is 2.28. The van der Waals surface area contributed by atoms with E-state index in [-0.39, 0.29) is 0 Å². The number of hydrogen-bond acceptors (Lipinski definition) is 1. The summed E-state index contributed by atoms with van der Waals surface area (Å²) in [6.07, 6.45) is 3.73. The molecule has 0 aromatic heterocycles. The molecule has 0 N–H and O–H groups in total. The molecule has 0 bridgehead atoms. The number of rotatable bonds is 5. The van der Waals surface area contributed by atoms with E-state index in [1.165, 1.54) is 5.56 Å². The lowest BCUT2D eigenvalue weighted by molar-refractivity contribution is -0.118. The van der Waals surface area contributed by atoms with Crippen LogP contribution in [-0.2, 0) is 11.2 Å². The largest absolute Gasteiger partial charge is 0.299 e. The van der Waals surface area contributed by atoms with Gasteiger partial charge in [0, 0.05) is 12.8 Å². The van der Waals surface area contributed by atoms with E-state index < -0.39 is 0 Å². The molecule has 0 saturated heterocycles. The molecule has 0 amide bonds. The van der Waals surface area contributed by atoms with E-state index >= 15 is 0 Å². The van der Waals surface area contributed by atoms with Crippen molar-refractivity contribution in [2.24, 2.45) is 0 Å². The third kappa shape index (κ3) is 3.17.